The molecule has 0 bridgehead atoms. The normalized spacial score (nSPS) is 17.9. The molecule has 0 atom stereocenters. The molecular formula is C25H33N3O. The fourth-order valence-corrected chi connectivity index (χ4v) is 4.64. The summed E-state index contributed by atoms with van der Waals surface area (Å²) in [5, 5.41) is 0. The molecule has 1 amide bonds. The Balaban J connectivity index is 1.36. The van der Waals surface area contributed by atoms with E-state index in [9.17, 15) is 4.79 Å². The number of carbonyl (C=O) groups excluding carboxylic acids is 1. The molecule has 0 radical (unpaired) electrons. The van der Waals surface area contributed by atoms with Crippen LogP contribution in [0.3, 0.4) is 0 Å². The largest absolute Gasteiger partial charge is 0.372 e. The van der Waals surface area contributed by atoms with Crippen LogP contribution in [0.4, 0.5) is 11.4 Å². The molecule has 2 aliphatic rings. The zero-order valence-corrected chi connectivity index (χ0v) is 17.9. The summed E-state index contributed by atoms with van der Waals surface area (Å²) in [5.41, 5.74) is 5.97. The van der Waals surface area contributed by atoms with Gasteiger partial charge in [-0.1, -0.05) is 30.5 Å². The highest BCUT2D eigenvalue weighted by molar-refractivity contribution is 5.94. The summed E-state index contributed by atoms with van der Waals surface area (Å²) in [6.45, 7) is 9.90. The number of piperazine rings is 1. The van der Waals surface area contributed by atoms with Crippen molar-refractivity contribution in [2.75, 3.05) is 49.1 Å². The molecule has 0 aliphatic carbocycles. The second kappa shape index (κ2) is 8.89. The minimum atomic E-state index is 0.160. The van der Waals surface area contributed by atoms with Gasteiger partial charge in [-0.15, -0.1) is 0 Å². The van der Waals surface area contributed by atoms with Crippen molar-refractivity contribution >= 4 is 17.3 Å². The fraction of sp³-hybridized carbons (Fsp3) is 0.480. The predicted octanol–water partition coefficient (Wildman–Crippen LogP) is 4.65. The zero-order chi connectivity index (χ0) is 20.2. The lowest BCUT2D eigenvalue weighted by Gasteiger charge is -2.37. The minimum Gasteiger partial charge on any atom is -0.372 e. The van der Waals surface area contributed by atoms with Crippen LogP contribution in [0.2, 0.25) is 0 Å². The van der Waals surface area contributed by atoms with Gasteiger partial charge in [0.15, 0.2) is 0 Å². The average Bonchev–Trinajstić information content (AvgIpc) is 3.03. The van der Waals surface area contributed by atoms with E-state index < -0.39 is 0 Å². The molecule has 154 valence electrons. The Morgan fingerprint density at radius 3 is 2.00 bits per heavy atom. The molecule has 0 spiro atoms. The van der Waals surface area contributed by atoms with Gasteiger partial charge < -0.3 is 14.7 Å². The average molecular weight is 392 g/mol. The number of benzene rings is 2. The molecule has 2 aliphatic heterocycles. The molecule has 29 heavy (non-hydrogen) atoms. The number of rotatable bonds is 3. The molecular weight excluding hydrogens is 358 g/mol. The number of carbonyl (C=O) groups is 1. The van der Waals surface area contributed by atoms with Crippen molar-refractivity contribution in [1.29, 1.82) is 0 Å². The van der Waals surface area contributed by atoms with Gasteiger partial charge in [0.05, 0.1) is 0 Å². The Bertz CT molecular complexity index is 830. The number of hydrogen-bond donors (Lipinski definition) is 0. The molecule has 2 heterocycles. The minimum absolute atomic E-state index is 0.160. The molecule has 2 aromatic carbocycles. The van der Waals surface area contributed by atoms with Crippen LogP contribution >= 0.6 is 0 Å². The third kappa shape index (κ3) is 4.58. The third-order valence-electron chi connectivity index (χ3n) is 6.35. The van der Waals surface area contributed by atoms with Crippen molar-refractivity contribution in [3.63, 3.8) is 0 Å². The van der Waals surface area contributed by atoms with E-state index in [1.807, 2.05) is 17.0 Å². The molecule has 4 heteroatoms. The van der Waals surface area contributed by atoms with Crippen molar-refractivity contribution in [3.05, 3.63) is 59.2 Å². The van der Waals surface area contributed by atoms with Crippen LogP contribution in [0.25, 0.3) is 0 Å². The first-order valence-electron chi connectivity index (χ1n) is 11.1. The summed E-state index contributed by atoms with van der Waals surface area (Å²) in [7, 11) is 0. The van der Waals surface area contributed by atoms with Crippen LogP contribution in [0.15, 0.2) is 42.5 Å². The molecule has 2 aromatic rings. The Morgan fingerprint density at radius 1 is 0.724 bits per heavy atom. The van der Waals surface area contributed by atoms with Gasteiger partial charge in [0.2, 0.25) is 0 Å². The maximum absolute atomic E-state index is 13.0. The van der Waals surface area contributed by atoms with E-state index in [4.69, 9.17) is 0 Å². The summed E-state index contributed by atoms with van der Waals surface area (Å²) >= 11 is 0. The predicted molar refractivity (Wildman–Crippen MR) is 121 cm³/mol. The maximum atomic E-state index is 13.0. The van der Waals surface area contributed by atoms with Gasteiger partial charge in [-0.05, 0) is 62.6 Å². The topological polar surface area (TPSA) is 26.8 Å². The number of aryl methyl sites for hydroxylation is 2. The highest BCUT2D eigenvalue weighted by atomic mass is 16.2. The van der Waals surface area contributed by atoms with Crippen LogP contribution in [-0.4, -0.2) is 50.1 Å². The summed E-state index contributed by atoms with van der Waals surface area (Å²) in [5.74, 6) is 0.160. The number of anilines is 2. The maximum Gasteiger partial charge on any atom is 0.253 e. The molecule has 4 nitrogen and oxygen atoms in total. The SMILES string of the molecule is Cc1ccc(N2CCN(C(=O)c3ccc(N4CCCCCC4)cc3)CC2)c(C)c1. The lowest BCUT2D eigenvalue weighted by atomic mass is 10.1. The van der Waals surface area contributed by atoms with Gasteiger partial charge in [0.25, 0.3) is 5.91 Å². The Morgan fingerprint density at radius 2 is 1.38 bits per heavy atom. The highest BCUT2D eigenvalue weighted by Crippen LogP contribution is 2.24. The molecule has 0 saturated carbocycles. The standard InChI is InChI=1S/C25H33N3O/c1-20-7-12-24(21(2)19-20)27-15-17-28(18-16-27)25(29)22-8-10-23(11-9-22)26-13-5-3-4-6-14-26/h7-12,19H,3-6,13-18H2,1-2H3. The van der Waals surface area contributed by atoms with Gasteiger partial charge in [-0.3, -0.25) is 4.79 Å². The van der Waals surface area contributed by atoms with Crippen LogP contribution in [-0.2, 0) is 0 Å². The lowest BCUT2D eigenvalue weighted by molar-refractivity contribution is 0.0747. The first kappa shape index (κ1) is 19.8. The molecule has 0 aromatic heterocycles. The van der Waals surface area contributed by atoms with E-state index in [0.29, 0.717) is 0 Å². The lowest BCUT2D eigenvalue weighted by Crippen LogP contribution is -2.49. The Kier molecular flexibility index (Phi) is 6.08. The van der Waals surface area contributed by atoms with E-state index in [-0.39, 0.29) is 5.91 Å². The second-order valence-corrected chi connectivity index (χ2v) is 8.52. The number of nitrogens with zero attached hydrogens (tertiary/aromatic N) is 3. The summed E-state index contributed by atoms with van der Waals surface area (Å²) in [4.78, 5) is 19.9. The smallest absolute Gasteiger partial charge is 0.253 e. The van der Waals surface area contributed by atoms with Gasteiger partial charge >= 0.3 is 0 Å². The van der Waals surface area contributed by atoms with Crippen molar-refractivity contribution < 1.29 is 4.79 Å². The first-order chi connectivity index (χ1) is 14.1. The van der Waals surface area contributed by atoms with Crippen LogP contribution in [0, 0.1) is 13.8 Å². The Hall–Kier alpha value is -2.49. The van der Waals surface area contributed by atoms with Crippen molar-refractivity contribution in [2.24, 2.45) is 0 Å². The zero-order valence-electron chi connectivity index (χ0n) is 17.9. The second-order valence-electron chi connectivity index (χ2n) is 8.52. The van der Waals surface area contributed by atoms with E-state index >= 15 is 0 Å². The quantitative estimate of drug-likeness (QED) is 0.762. The number of amides is 1. The van der Waals surface area contributed by atoms with E-state index in [1.54, 1.807) is 0 Å². The van der Waals surface area contributed by atoms with Crippen LogP contribution in [0.1, 0.15) is 47.2 Å². The van der Waals surface area contributed by atoms with Crippen LogP contribution < -0.4 is 9.80 Å². The fourth-order valence-electron chi connectivity index (χ4n) is 4.64. The van der Waals surface area contributed by atoms with Gasteiger partial charge in [-0.25, -0.2) is 0 Å². The highest BCUT2D eigenvalue weighted by Gasteiger charge is 2.23. The van der Waals surface area contributed by atoms with Crippen LogP contribution in [0.5, 0.6) is 0 Å². The van der Waals surface area contributed by atoms with E-state index in [1.165, 1.54) is 48.2 Å². The van der Waals surface area contributed by atoms with Crippen molar-refractivity contribution in [1.82, 2.24) is 4.90 Å². The van der Waals surface area contributed by atoms with Gasteiger partial charge in [0.1, 0.15) is 0 Å². The summed E-state index contributed by atoms with van der Waals surface area (Å²) in [6, 6.07) is 14.9. The summed E-state index contributed by atoms with van der Waals surface area (Å²) < 4.78 is 0. The molecule has 0 unspecified atom stereocenters. The Labute approximate surface area is 175 Å². The van der Waals surface area contributed by atoms with Crippen molar-refractivity contribution in [3.8, 4) is 0 Å². The summed E-state index contributed by atoms with van der Waals surface area (Å²) in [6.07, 6.45) is 5.21. The van der Waals surface area contributed by atoms with Gasteiger partial charge in [0, 0.05) is 56.2 Å². The molecule has 4 rings (SSSR count). The van der Waals surface area contributed by atoms with E-state index in [2.05, 4.69) is 54.0 Å². The molecule has 0 N–H and O–H groups in total. The molecule has 2 fully saturated rings. The van der Waals surface area contributed by atoms with E-state index in [0.717, 1.165) is 44.8 Å². The van der Waals surface area contributed by atoms with Crippen molar-refractivity contribution in [2.45, 2.75) is 39.5 Å². The first-order valence-corrected chi connectivity index (χ1v) is 11.1. The number of hydrogen-bond acceptors (Lipinski definition) is 3. The third-order valence-corrected chi connectivity index (χ3v) is 6.35. The van der Waals surface area contributed by atoms with Gasteiger partial charge in [-0.2, -0.15) is 0 Å². The molecule has 2 saturated heterocycles. The monoisotopic (exact) mass is 391 g/mol.